The molecule has 3 fully saturated rings. The largest absolute Gasteiger partial charge is 0.492 e. The molecular weight excluding hydrogens is 1010 g/mol. The molecule has 72 heavy (non-hydrogen) atoms. The summed E-state index contributed by atoms with van der Waals surface area (Å²) in [6.45, 7) is 13.6. The SMILES string of the molecule is CCOc1cc(N2CCC(NCCNC(=O)C3CN(c4cc(F)cc5c4n(C)c(=O)n5C4CCC(=O)NC4=O)C3)CC2)c(CC)cc1Nc1ncc(Br)c(Nc2ccc3nc(CC)ccc3c2P(C)(C)=O)n1. The fraction of sp³-hybridized carbons (Fsp3) is 0.431. The summed E-state index contributed by atoms with van der Waals surface area (Å²) in [5, 5.41) is 17.4. The van der Waals surface area contributed by atoms with Crippen LogP contribution in [-0.2, 0) is 38.8 Å². The lowest BCUT2D eigenvalue weighted by molar-refractivity contribution is -0.135. The van der Waals surface area contributed by atoms with Crippen molar-refractivity contribution in [3.8, 4) is 5.75 Å². The Kier molecular flexibility index (Phi) is 14.7. The number of nitrogens with one attached hydrogen (secondary N) is 5. The second-order valence-electron chi connectivity index (χ2n) is 19.0. The van der Waals surface area contributed by atoms with Gasteiger partial charge in [-0.05, 0) is 110 Å². The Morgan fingerprint density at radius 1 is 0.917 bits per heavy atom. The van der Waals surface area contributed by atoms with Crippen LogP contribution in [0.15, 0.2) is 64.0 Å². The molecule has 18 nitrogen and oxygen atoms in total. The first kappa shape index (κ1) is 50.6. The van der Waals surface area contributed by atoms with Gasteiger partial charge in [0.2, 0.25) is 23.7 Å². The zero-order chi connectivity index (χ0) is 51.0. The maximum Gasteiger partial charge on any atom is 0.329 e. The summed E-state index contributed by atoms with van der Waals surface area (Å²) in [5.74, 6) is -0.403. The van der Waals surface area contributed by atoms with Crippen molar-refractivity contribution in [1.82, 2.24) is 40.0 Å². The lowest BCUT2D eigenvalue weighted by atomic mass is 9.97. The molecule has 5 N–H and O–H groups in total. The Labute approximate surface area is 425 Å². The molecule has 1 atom stereocenters. The van der Waals surface area contributed by atoms with Crippen LogP contribution in [-0.4, -0.2) is 107 Å². The molecule has 0 radical (unpaired) electrons. The Morgan fingerprint density at radius 3 is 2.40 bits per heavy atom. The van der Waals surface area contributed by atoms with Gasteiger partial charge in [-0.2, -0.15) is 4.98 Å². The number of anilines is 6. The number of imide groups is 1. The summed E-state index contributed by atoms with van der Waals surface area (Å²) in [6, 6.07) is 14.0. The van der Waals surface area contributed by atoms with E-state index in [4.69, 9.17) is 14.7 Å². The molecule has 0 bridgehead atoms. The van der Waals surface area contributed by atoms with Crippen LogP contribution in [0.1, 0.15) is 63.8 Å². The van der Waals surface area contributed by atoms with Crippen LogP contribution in [0.25, 0.3) is 21.9 Å². The minimum absolute atomic E-state index is 0.0805. The van der Waals surface area contributed by atoms with Gasteiger partial charge < -0.3 is 40.4 Å². The number of nitrogens with zero attached hydrogens (tertiary/aromatic N) is 7. The highest BCUT2D eigenvalue weighted by atomic mass is 79.9. The summed E-state index contributed by atoms with van der Waals surface area (Å²) < 4.78 is 38.3. The fourth-order valence-electron chi connectivity index (χ4n) is 10.1. The van der Waals surface area contributed by atoms with E-state index >= 15 is 4.39 Å². The number of piperidine rings is 2. The van der Waals surface area contributed by atoms with E-state index in [1.165, 1.54) is 21.3 Å². The van der Waals surface area contributed by atoms with Gasteiger partial charge >= 0.3 is 5.69 Å². The van der Waals surface area contributed by atoms with Crippen molar-refractivity contribution < 1.29 is 28.1 Å². The summed E-state index contributed by atoms with van der Waals surface area (Å²) in [4.78, 5) is 69.6. The lowest BCUT2D eigenvalue weighted by Gasteiger charge is -2.40. The molecule has 6 aromatic rings. The first-order valence-corrected chi connectivity index (χ1v) is 28.0. The number of aryl methyl sites for hydroxylation is 3. The molecule has 21 heteroatoms. The number of ether oxygens (including phenoxy) is 1. The van der Waals surface area contributed by atoms with Crippen molar-refractivity contribution in [1.29, 1.82) is 0 Å². The van der Waals surface area contributed by atoms with Gasteiger partial charge in [-0.25, -0.2) is 14.2 Å². The smallest absolute Gasteiger partial charge is 0.329 e. The highest BCUT2D eigenvalue weighted by molar-refractivity contribution is 9.10. The summed E-state index contributed by atoms with van der Waals surface area (Å²) in [7, 11) is -1.19. The quantitative estimate of drug-likeness (QED) is 0.0369. The number of halogens is 2. The Hall–Kier alpha value is -6.37. The molecular formula is C51H61BrFN12O6P. The second-order valence-corrected chi connectivity index (χ2v) is 23.0. The standard InChI is InChI=1S/C51H61BrFN12O6P/c1-7-29-22-38(59-50-56-26-35(52)47(61-50)58-37-13-12-36-34(46(37)72(5,6)70)11-10-32(8-2)57-36)43(71-9-3)25-40(29)63-20-16-33(17-21-63)54-18-19-55-48(67)30-27-64(28-30)41-23-31(53)24-42-45(41)62(4)51(69)65(42)39-14-15-44(66)60-49(39)68/h10-13,22-26,30,33,39,54H,7-9,14-21,27-28H2,1-6H3,(H,55,67)(H,60,66,68)(H2,56,58,59,61). The third-order valence-corrected chi connectivity index (χ3v) is 16.0. The average molecular weight is 1070 g/mol. The molecule has 3 aliphatic heterocycles. The van der Waals surface area contributed by atoms with E-state index in [1.54, 1.807) is 26.6 Å². The molecule has 1 unspecified atom stereocenters. The first-order chi connectivity index (χ1) is 34.5. The molecule has 9 rings (SSSR count). The van der Waals surface area contributed by atoms with Crippen molar-refractivity contribution in [3.05, 3.63) is 86.8 Å². The molecule has 0 saturated carbocycles. The molecule has 3 aromatic carbocycles. The van der Waals surface area contributed by atoms with Gasteiger partial charge in [-0.1, -0.05) is 19.9 Å². The minimum Gasteiger partial charge on any atom is -0.492 e. The van der Waals surface area contributed by atoms with E-state index in [-0.39, 0.29) is 36.2 Å². The van der Waals surface area contributed by atoms with Crippen molar-refractivity contribution in [2.24, 2.45) is 13.0 Å². The van der Waals surface area contributed by atoms with Crippen LogP contribution >= 0.6 is 23.1 Å². The zero-order valence-electron chi connectivity index (χ0n) is 41.4. The van der Waals surface area contributed by atoms with Gasteiger partial charge in [0, 0.05) is 93.1 Å². The number of carbonyl (C=O) groups is 3. The van der Waals surface area contributed by atoms with Crippen LogP contribution in [0, 0.1) is 11.7 Å². The number of hydrogen-bond acceptors (Lipinski definition) is 14. The highest BCUT2D eigenvalue weighted by Gasteiger charge is 2.37. The van der Waals surface area contributed by atoms with E-state index in [9.17, 15) is 23.7 Å². The number of pyridine rings is 1. The predicted molar refractivity (Wildman–Crippen MR) is 284 cm³/mol. The van der Waals surface area contributed by atoms with Crippen molar-refractivity contribution in [3.63, 3.8) is 0 Å². The number of rotatable bonds is 17. The van der Waals surface area contributed by atoms with Gasteiger partial charge in [0.05, 0.1) is 50.6 Å². The highest BCUT2D eigenvalue weighted by Crippen LogP contribution is 2.43. The summed E-state index contributed by atoms with van der Waals surface area (Å²) in [5.41, 5.74) is 6.21. The fourth-order valence-corrected chi connectivity index (χ4v) is 11.9. The van der Waals surface area contributed by atoms with Crippen molar-refractivity contribution in [2.75, 3.05) is 79.6 Å². The Balaban J connectivity index is 0.787. The molecule has 380 valence electrons. The molecule has 3 aliphatic rings. The first-order valence-electron chi connectivity index (χ1n) is 24.6. The third-order valence-electron chi connectivity index (χ3n) is 13.8. The number of amides is 3. The van der Waals surface area contributed by atoms with Crippen LogP contribution in [0.2, 0.25) is 0 Å². The predicted octanol–water partition coefficient (Wildman–Crippen LogP) is 6.63. The van der Waals surface area contributed by atoms with Gasteiger partial charge in [0.15, 0.2) is 0 Å². The molecule has 6 heterocycles. The van der Waals surface area contributed by atoms with Crippen molar-refractivity contribution >= 4 is 103 Å². The minimum atomic E-state index is -2.76. The van der Waals surface area contributed by atoms with E-state index < -0.39 is 36.5 Å². The molecule has 0 spiro atoms. The maximum atomic E-state index is 15.1. The molecule has 3 aromatic heterocycles. The maximum absolute atomic E-state index is 15.1. The molecule has 0 aliphatic carbocycles. The zero-order valence-corrected chi connectivity index (χ0v) is 43.9. The van der Waals surface area contributed by atoms with Crippen LogP contribution in [0.5, 0.6) is 5.75 Å². The topological polar surface area (TPSA) is 210 Å². The molecule has 3 saturated heterocycles. The summed E-state index contributed by atoms with van der Waals surface area (Å²) >= 11 is 3.62. The number of imidazole rings is 1. The number of benzene rings is 3. The number of carbonyl (C=O) groups excluding carboxylic acids is 3. The summed E-state index contributed by atoms with van der Waals surface area (Å²) in [6.07, 6.45) is 5.33. The number of fused-ring (bicyclic) bond motifs is 2. The second kappa shape index (κ2) is 21.0. The Morgan fingerprint density at radius 2 is 1.69 bits per heavy atom. The van der Waals surface area contributed by atoms with Gasteiger partial charge in [-0.3, -0.25) is 33.8 Å². The van der Waals surface area contributed by atoms with E-state index in [1.807, 2.05) is 36.1 Å². The Bertz CT molecular complexity index is 3200. The normalized spacial score (nSPS) is 16.8. The van der Waals surface area contributed by atoms with Crippen LogP contribution < -0.4 is 52.1 Å². The number of hydrogen-bond donors (Lipinski definition) is 5. The van der Waals surface area contributed by atoms with Crippen molar-refractivity contribution in [2.45, 2.75) is 71.4 Å². The van der Waals surface area contributed by atoms with E-state index in [0.717, 1.165) is 72.3 Å². The molecule has 3 amide bonds. The lowest BCUT2D eigenvalue weighted by Crippen LogP contribution is -2.54. The average Bonchev–Trinajstić information content (AvgIpc) is 3.58. The monoisotopic (exact) mass is 1070 g/mol. The number of aromatic nitrogens is 5. The van der Waals surface area contributed by atoms with E-state index in [0.29, 0.717) is 77.0 Å². The third kappa shape index (κ3) is 10.3. The van der Waals surface area contributed by atoms with E-state index in [2.05, 4.69) is 78.4 Å². The van der Waals surface area contributed by atoms with Gasteiger partial charge in [0.25, 0.3) is 0 Å². The van der Waals surface area contributed by atoms with Gasteiger partial charge in [0.1, 0.15) is 30.6 Å². The van der Waals surface area contributed by atoms with Crippen LogP contribution in [0.4, 0.5) is 38.9 Å². The van der Waals surface area contributed by atoms with Crippen LogP contribution in [0.3, 0.4) is 0 Å². The van der Waals surface area contributed by atoms with Gasteiger partial charge in [-0.15, -0.1) is 0 Å².